The monoisotopic (exact) mass is 456 g/mol. The Labute approximate surface area is 191 Å². The Morgan fingerprint density at radius 3 is 2.47 bits per heavy atom. The average Bonchev–Trinajstić information content (AvgIpc) is 2.80. The molecular weight excluding hydrogens is 432 g/mol. The Hall–Kier alpha value is -3.36. The topological polar surface area (TPSA) is 98.5 Å². The molecule has 0 fully saturated rings. The van der Waals surface area contributed by atoms with Crippen molar-refractivity contribution >= 4 is 23.0 Å². The van der Waals surface area contributed by atoms with Crippen LogP contribution in [0.1, 0.15) is 18.1 Å². The van der Waals surface area contributed by atoms with Crippen molar-refractivity contribution in [2.45, 2.75) is 20.1 Å². The summed E-state index contributed by atoms with van der Waals surface area (Å²) in [6.45, 7) is 4.92. The lowest BCUT2D eigenvalue weighted by molar-refractivity contribution is -0.384. The first-order valence-electron chi connectivity index (χ1n) is 10.2. The SMILES string of the molecule is CCOc1cc(CNCCNc2ccc([N+](=O)[O-])cc2)ccc1OCc1ccc(Cl)nc1. The predicted molar refractivity (Wildman–Crippen MR) is 124 cm³/mol. The second-order valence-electron chi connectivity index (χ2n) is 6.90. The lowest BCUT2D eigenvalue weighted by Crippen LogP contribution is -2.21. The molecule has 0 atom stereocenters. The van der Waals surface area contributed by atoms with Gasteiger partial charge in [0, 0.05) is 49.2 Å². The van der Waals surface area contributed by atoms with Gasteiger partial charge in [-0.05, 0) is 42.8 Å². The van der Waals surface area contributed by atoms with Crippen LogP contribution in [0, 0.1) is 10.1 Å². The molecule has 9 heteroatoms. The van der Waals surface area contributed by atoms with Gasteiger partial charge in [-0.2, -0.15) is 0 Å². The van der Waals surface area contributed by atoms with Gasteiger partial charge in [0.25, 0.3) is 5.69 Å². The summed E-state index contributed by atoms with van der Waals surface area (Å²) in [6.07, 6.45) is 1.69. The normalized spacial score (nSPS) is 10.6. The third kappa shape index (κ3) is 7.11. The number of halogens is 1. The number of nitrogens with zero attached hydrogens (tertiary/aromatic N) is 2. The molecule has 8 nitrogen and oxygen atoms in total. The highest BCUT2D eigenvalue weighted by Gasteiger charge is 2.08. The zero-order valence-corrected chi connectivity index (χ0v) is 18.5. The van der Waals surface area contributed by atoms with Crippen LogP contribution in [0.5, 0.6) is 11.5 Å². The fraction of sp³-hybridized carbons (Fsp3) is 0.261. The van der Waals surface area contributed by atoms with Gasteiger partial charge in [-0.3, -0.25) is 10.1 Å². The minimum Gasteiger partial charge on any atom is -0.490 e. The van der Waals surface area contributed by atoms with Crippen LogP contribution < -0.4 is 20.1 Å². The number of rotatable bonds is 12. The van der Waals surface area contributed by atoms with Gasteiger partial charge in [-0.1, -0.05) is 23.7 Å². The van der Waals surface area contributed by atoms with Crippen LogP contribution >= 0.6 is 11.6 Å². The fourth-order valence-corrected chi connectivity index (χ4v) is 3.04. The molecule has 0 unspecified atom stereocenters. The van der Waals surface area contributed by atoms with E-state index in [0.717, 1.165) is 23.4 Å². The zero-order valence-electron chi connectivity index (χ0n) is 17.7. The highest BCUT2D eigenvalue weighted by molar-refractivity contribution is 6.29. The van der Waals surface area contributed by atoms with Crippen LogP contribution in [-0.2, 0) is 13.2 Å². The van der Waals surface area contributed by atoms with Gasteiger partial charge in [-0.15, -0.1) is 0 Å². The maximum Gasteiger partial charge on any atom is 0.269 e. The van der Waals surface area contributed by atoms with E-state index in [4.69, 9.17) is 21.1 Å². The first kappa shape index (κ1) is 23.3. The first-order chi connectivity index (χ1) is 15.5. The summed E-state index contributed by atoms with van der Waals surface area (Å²) in [5.74, 6) is 1.36. The molecule has 0 spiro atoms. The van der Waals surface area contributed by atoms with E-state index in [9.17, 15) is 10.1 Å². The largest absolute Gasteiger partial charge is 0.490 e. The second kappa shape index (κ2) is 11.9. The lowest BCUT2D eigenvalue weighted by Gasteiger charge is -2.14. The number of nitro benzene ring substituents is 1. The third-order valence-electron chi connectivity index (χ3n) is 4.53. The van der Waals surface area contributed by atoms with Gasteiger partial charge in [0.1, 0.15) is 11.8 Å². The standard InChI is InChI=1S/C23H25ClN4O4/c1-2-31-22-13-17(3-9-21(22)32-16-18-4-10-23(24)27-15-18)14-25-11-12-26-19-5-7-20(8-6-19)28(29)30/h3-10,13,15,25-26H,2,11-12,14,16H2,1H3. The molecule has 1 aromatic heterocycles. The number of pyridine rings is 1. The Balaban J connectivity index is 1.46. The van der Waals surface area contributed by atoms with Gasteiger partial charge >= 0.3 is 0 Å². The molecule has 3 aromatic rings. The van der Waals surface area contributed by atoms with Crippen molar-refractivity contribution in [1.82, 2.24) is 10.3 Å². The van der Waals surface area contributed by atoms with Crippen LogP contribution in [0.3, 0.4) is 0 Å². The molecule has 0 bridgehead atoms. The number of nitro groups is 1. The molecule has 0 radical (unpaired) electrons. The molecule has 0 aliphatic heterocycles. The van der Waals surface area contributed by atoms with Crippen molar-refractivity contribution in [3.8, 4) is 11.5 Å². The van der Waals surface area contributed by atoms with E-state index in [1.165, 1.54) is 12.1 Å². The molecule has 32 heavy (non-hydrogen) atoms. The predicted octanol–water partition coefficient (Wildman–Crippen LogP) is 4.82. The maximum atomic E-state index is 10.7. The molecule has 0 saturated carbocycles. The van der Waals surface area contributed by atoms with Crippen LogP contribution in [0.25, 0.3) is 0 Å². The van der Waals surface area contributed by atoms with Crippen molar-refractivity contribution in [2.24, 2.45) is 0 Å². The van der Waals surface area contributed by atoms with Crippen LogP contribution in [-0.4, -0.2) is 29.6 Å². The number of anilines is 1. The third-order valence-corrected chi connectivity index (χ3v) is 4.75. The summed E-state index contributed by atoms with van der Waals surface area (Å²) in [6, 6.07) is 15.8. The smallest absolute Gasteiger partial charge is 0.269 e. The summed E-state index contributed by atoms with van der Waals surface area (Å²) in [4.78, 5) is 14.3. The van der Waals surface area contributed by atoms with Gasteiger partial charge in [-0.25, -0.2) is 4.98 Å². The van der Waals surface area contributed by atoms with Crippen LogP contribution in [0.4, 0.5) is 11.4 Å². The van der Waals surface area contributed by atoms with Crippen LogP contribution in [0.15, 0.2) is 60.8 Å². The Morgan fingerprint density at radius 2 is 1.78 bits per heavy atom. The molecule has 1 heterocycles. The highest BCUT2D eigenvalue weighted by Crippen LogP contribution is 2.29. The number of hydrogen-bond acceptors (Lipinski definition) is 7. The fourth-order valence-electron chi connectivity index (χ4n) is 2.93. The number of aromatic nitrogens is 1. The van der Waals surface area contributed by atoms with E-state index in [1.54, 1.807) is 24.4 Å². The summed E-state index contributed by atoms with van der Waals surface area (Å²) in [5, 5.41) is 17.7. The number of benzene rings is 2. The van der Waals surface area contributed by atoms with Gasteiger partial charge in [0.15, 0.2) is 11.5 Å². The molecule has 2 N–H and O–H groups in total. The van der Waals surface area contributed by atoms with E-state index in [1.807, 2.05) is 31.2 Å². The summed E-state index contributed by atoms with van der Waals surface area (Å²) in [7, 11) is 0. The lowest BCUT2D eigenvalue weighted by atomic mass is 10.2. The van der Waals surface area contributed by atoms with Gasteiger partial charge < -0.3 is 20.1 Å². The number of hydrogen-bond donors (Lipinski definition) is 2. The molecule has 2 aromatic carbocycles. The van der Waals surface area contributed by atoms with E-state index in [-0.39, 0.29) is 5.69 Å². The Bertz CT molecular complexity index is 1010. The van der Waals surface area contributed by atoms with Gasteiger partial charge in [0.05, 0.1) is 11.5 Å². The Kier molecular flexibility index (Phi) is 8.65. The molecule has 0 aliphatic carbocycles. The van der Waals surface area contributed by atoms with Gasteiger partial charge in [0.2, 0.25) is 0 Å². The van der Waals surface area contributed by atoms with E-state index in [0.29, 0.717) is 43.0 Å². The van der Waals surface area contributed by atoms with E-state index >= 15 is 0 Å². The number of ether oxygens (including phenoxy) is 2. The first-order valence-corrected chi connectivity index (χ1v) is 10.6. The quantitative estimate of drug-likeness (QED) is 0.174. The molecule has 0 amide bonds. The van der Waals surface area contributed by atoms with Crippen molar-refractivity contribution in [2.75, 3.05) is 25.0 Å². The minimum atomic E-state index is -0.410. The molecule has 0 saturated heterocycles. The van der Waals surface area contributed by atoms with Crippen molar-refractivity contribution in [3.63, 3.8) is 0 Å². The van der Waals surface area contributed by atoms with E-state index < -0.39 is 4.92 Å². The second-order valence-corrected chi connectivity index (χ2v) is 7.29. The van der Waals surface area contributed by atoms with Crippen molar-refractivity contribution < 1.29 is 14.4 Å². The molecule has 3 rings (SSSR count). The zero-order chi connectivity index (χ0) is 22.8. The van der Waals surface area contributed by atoms with Crippen molar-refractivity contribution in [3.05, 3.63) is 87.2 Å². The number of nitrogens with one attached hydrogen (secondary N) is 2. The summed E-state index contributed by atoms with van der Waals surface area (Å²) < 4.78 is 11.7. The Morgan fingerprint density at radius 1 is 1.00 bits per heavy atom. The average molecular weight is 457 g/mol. The molecule has 168 valence electrons. The van der Waals surface area contributed by atoms with Crippen LogP contribution in [0.2, 0.25) is 5.15 Å². The minimum absolute atomic E-state index is 0.0797. The van der Waals surface area contributed by atoms with Crippen molar-refractivity contribution in [1.29, 1.82) is 0 Å². The highest BCUT2D eigenvalue weighted by atomic mass is 35.5. The summed E-state index contributed by atoms with van der Waals surface area (Å²) in [5.41, 5.74) is 2.91. The number of non-ortho nitro benzene ring substituents is 1. The summed E-state index contributed by atoms with van der Waals surface area (Å²) >= 11 is 5.82. The maximum absolute atomic E-state index is 10.7. The molecule has 0 aliphatic rings. The molecular formula is C23H25ClN4O4. The van der Waals surface area contributed by atoms with E-state index in [2.05, 4.69) is 15.6 Å².